The van der Waals surface area contributed by atoms with E-state index in [1.54, 1.807) is 54.4 Å². The highest BCUT2D eigenvalue weighted by Gasteiger charge is 2.33. The molecule has 5 aromatic rings. The van der Waals surface area contributed by atoms with E-state index in [0.29, 0.717) is 35.9 Å². The van der Waals surface area contributed by atoms with Gasteiger partial charge in [-0.15, -0.1) is 0 Å². The second-order valence-electron chi connectivity index (χ2n) is 11.5. The fourth-order valence-corrected chi connectivity index (χ4v) is 5.49. The third kappa shape index (κ3) is 8.14. The first-order chi connectivity index (χ1) is 23.7. The summed E-state index contributed by atoms with van der Waals surface area (Å²) in [4.78, 5) is 30.2. The van der Waals surface area contributed by atoms with Crippen molar-refractivity contribution < 1.29 is 22.7 Å². The van der Waals surface area contributed by atoms with E-state index in [-0.39, 0.29) is 23.4 Å². The van der Waals surface area contributed by atoms with E-state index < -0.39 is 17.6 Å². The molecule has 0 saturated carbocycles. The zero-order valence-electron chi connectivity index (χ0n) is 27.0. The first kappa shape index (κ1) is 33.4. The Morgan fingerprint density at radius 1 is 1.00 bits per heavy atom. The number of methoxy groups -OCH3 is 1. The molecule has 11 nitrogen and oxygen atoms in total. The largest absolute Gasteiger partial charge is 0.481 e. The van der Waals surface area contributed by atoms with E-state index in [1.807, 2.05) is 13.0 Å². The van der Waals surface area contributed by atoms with Crippen LogP contribution in [-0.4, -0.2) is 81.8 Å². The fourth-order valence-electron chi connectivity index (χ4n) is 5.49. The van der Waals surface area contributed by atoms with Crippen LogP contribution >= 0.6 is 0 Å². The molecule has 4 heterocycles. The molecule has 1 fully saturated rings. The van der Waals surface area contributed by atoms with Gasteiger partial charge >= 0.3 is 6.18 Å². The number of carbonyl (C=O) groups excluding carboxylic acids is 1. The average Bonchev–Trinajstić information content (AvgIpc) is 3.53. The number of hydrogen-bond donors (Lipinski definition) is 2. The molecule has 1 aliphatic rings. The predicted octanol–water partition coefficient (Wildman–Crippen LogP) is 4.42. The number of aromatic nitrogens is 5. The number of rotatable bonds is 9. The summed E-state index contributed by atoms with van der Waals surface area (Å²) >= 11 is 0. The minimum atomic E-state index is -4.60. The van der Waals surface area contributed by atoms with Gasteiger partial charge in [0.25, 0.3) is 5.91 Å². The maximum Gasteiger partial charge on any atom is 0.416 e. The maximum atomic E-state index is 14.1. The second kappa shape index (κ2) is 14.7. The van der Waals surface area contributed by atoms with Gasteiger partial charge in [0.2, 0.25) is 5.88 Å². The molecule has 2 N–H and O–H groups in total. The number of alkyl halides is 3. The van der Waals surface area contributed by atoms with Crippen LogP contribution in [0.3, 0.4) is 0 Å². The number of hydrogen-bond acceptors (Lipinski definition) is 9. The third-order valence-corrected chi connectivity index (χ3v) is 8.23. The van der Waals surface area contributed by atoms with E-state index in [1.165, 1.54) is 18.5 Å². The van der Waals surface area contributed by atoms with E-state index >= 15 is 0 Å². The number of anilines is 2. The first-order valence-electron chi connectivity index (χ1n) is 15.6. The SMILES string of the molecule is COc1cc(N2CCN(CCNCc3ccc(NC(=O)c4ccc(C)c(C#Cc5cnc6cccnn56)c4)cc3C(F)(F)F)CC2)ncn1. The quantitative estimate of drug-likeness (QED) is 0.174. The predicted molar refractivity (Wildman–Crippen MR) is 178 cm³/mol. The number of aryl methyl sites for hydroxylation is 1. The number of nitrogens with zero attached hydrogens (tertiary/aromatic N) is 7. The van der Waals surface area contributed by atoms with Crippen molar-refractivity contribution >= 4 is 23.1 Å². The van der Waals surface area contributed by atoms with Crippen LogP contribution < -0.4 is 20.3 Å². The molecular weight excluding hydrogens is 635 g/mol. The summed E-state index contributed by atoms with van der Waals surface area (Å²) < 4.78 is 49.1. The van der Waals surface area contributed by atoms with Crippen LogP contribution in [0.4, 0.5) is 24.7 Å². The van der Waals surface area contributed by atoms with Gasteiger partial charge in [-0.25, -0.2) is 19.5 Å². The molecule has 0 radical (unpaired) electrons. The van der Waals surface area contributed by atoms with Gasteiger partial charge in [-0.1, -0.05) is 18.1 Å². The lowest BCUT2D eigenvalue weighted by molar-refractivity contribution is -0.138. The number of amides is 1. The molecule has 0 spiro atoms. The van der Waals surface area contributed by atoms with Crippen LogP contribution in [0.25, 0.3) is 5.65 Å². The molecule has 0 atom stereocenters. The van der Waals surface area contributed by atoms with Crippen LogP contribution in [0.1, 0.15) is 38.3 Å². The number of ether oxygens (including phenoxy) is 1. The van der Waals surface area contributed by atoms with Gasteiger partial charge in [-0.3, -0.25) is 9.69 Å². The molecule has 1 amide bonds. The molecule has 2 aromatic carbocycles. The minimum Gasteiger partial charge on any atom is -0.481 e. The summed E-state index contributed by atoms with van der Waals surface area (Å²) in [5.74, 6) is 6.86. The molecule has 1 saturated heterocycles. The highest BCUT2D eigenvalue weighted by atomic mass is 19.4. The first-order valence-corrected chi connectivity index (χ1v) is 15.6. The Hall–Kier alpha value is -5.52. The van der Waals surface area contributed by atoms with Crippen molar-refractivity contribution in [3.63, 3.8) is 0 Å². The zero-order chi connectivity index (χ0) is 34.4. The number of carbonyl (C=O) groups is 1. The molecule has 6 rings (SSSR count). The Bertz CT molecular complexity index is 2010. The Kier molecular flexibility index (Phi) is 10.0. The maximum absolute atomic E-state index is 14.1. The number of fused-ring (bicyclic) bond motifs is 1. The van der Waals surface area contributed by atoms with Gasteiger partial charge in [0.15, 0.2) is 5.65 Å². The van der Waals surface area contributed by atoms with E-state index in [4.69, 9.17) is 4.74 Å². The fraction of sp³-hybridized carbons (Fsp3) is 0.286. The number of imidazole rings is 1. The van der Waals surface area contributed by atoms with Crippen molar-refractivity contribution in [2.75, 3.05) is 56.6 Å². The Balaban J connectivity index is 1.05. The average molecular weight is 670 g/mol. The normalized spacial score (nSPS) is 13.6. The summed E-state index contributed by atoms with van der Waals surface area (Å²) in [5, 5.41) is 10.0. The highest BCUT2D eigenvalue weighted by Crippen LogP contribution is 2.34. The summed E-state index contributed by atoms with van der Waals surface area (Å²) in [5.41, 5.74) is 2.29. The van der Waals surface area contributed by atoms with Gasteiger partial charge < -0.3 is 20.3 Å². The molecule has 0 unspecified atom stereocenters. The van der Waals surface area contributed by atoms with Crippen molar-refractivity contribution in [3.05, 3.63) is 107 Å². The van der Waals surface area contributed by atoms with Crippen molar-refractivity contribution in [2.45, 2.75) is 19.6 Å². The van der Waals surface area contributed by atoms with E-state index in [0.717, 1.165) is 43.6 Å². The van der Waals surface area contributed by atoms with Crippen molar-refractivity contribution in [2.24, 2.45) is 0 Å². The highest BCUT2D eigenvalue weighted by molar-refractivity contribution is 6.04. The summed E-state index contributed by atoms with van der Waals surface area (Å²) in [6.07, 6.45) is 0.119. The molecule has 252 valence electrons. The van der Waals surface area contributed by atoms with Gasteiger partial charge in [-0.2, -0.15) is 18.3 Å². The minimum absolute atomic E-state index is 0.0335. The monoisotopic (exact) mass is 669 g/mol. The second-order valence-corrected chi connectivity index (χ2v) is 11.5. The van der Waals surface area contributed by atoms with Crippen LogP contribution in [0.15, 0.2) is 73.3 Å². The van der Waals surface area contributed by atoms with E-state index in [9.17, 15) is 18.0 Å². The lowest BCUT2D eigenvalue weighted by Crippen LogP contribution is -2.48. The Morgan fingerprint density at radius 3 is 2.63 bits per heavy atom. The van der Waals surface area contributed by atoms with Gasteiger partial charge in [0.05, 0.1) is 18.9 Å². The molecule has 1 aliphatic heterocycles. The van der Waals surface area contributed by atoms with Crippen LogP contribution in [0, 0.1) is 18.8 Å². The Labute approximate surface area is 281 Å². The Morgan fingerprint density at radius 2 is 1.84 bits per heavy atom. The van der Waals surface area contributed by atoms with Crippen molar-refractivity contribution in [1.82, 2.24) is 34.8 Å². The number of halogens is 3. The lowest BCUT2D eigenvalue weighted by Gasteiger charge is -2.35. The van der Waals surface area contributed by atoms with Gasteiger partial charge in [0, 0.05) is 74.9 Å². The van der Waals surface area contributed by atoms with Crippen molar-refractivity contribution in [3.8, 4) is 17.7 Å². The third-order valence-electron chi connectivity index (χ3n) is 8.23. The van der Waals surface area contributed by atoms with Gasteiger partial charge in [-0.05, 0) is 60.4 Å². The molecule has 3 aromatic heterocycles. The standard InChI is InChI=1S/C35H34F3N9O2/c1-24-5-6-26(18-25(24)8-10-29-22-40-31-4-3-11-43-47(29)31)34(48)44-28-9-7-27(30(19-28)35(36,37)38)21-39-12-13-45-14-16-46(17-15-45)32-20-33(49-2)42-23-41-32/h3-7,9,11,18-20,22-23,39H,12-17,21H2,1-2H3,(H,44,48). The van der Waals surface area contributed by atoms with Crippen LogP contribution in [-0.2, 0) is 12.7 Å². The summed E-state index contributed by atoms with van der Waals surface area (Å²) in [7, 11) is 1.56. The smallest absolute Gasteiger partial charge is 0.416 e. The molecule has 14 heteroatoms. The van der Waals surface area contributed by atoms with Gasteiger partial charge in [0.1, 0.15) is 17.8 Å². The molecule has 0 bridgehead atoms. The number of benzene rings is 2. The lowest BCUT2D eigenvalue weighted by atomic mass is 10.0. The van der Waals surface area contributed by atoms with Crippen LogP contribution in [0.5, 0.6) is 5.88 Å². The number of nitrogens with one attached hydrogen (secondary N) is 2. The molecule has 0 aliphatic carbocycles. The summed E-state index contributed by atoms with van der Waals surface area (Å²) in [6.45, 7) is 6.23. The van der Waals surface area contributed by atoms with Crippen LogP contribution in [0.2, 0.25) is 0 Å². The number of piperazine rings is 1. The molecular formula is C35H34F3N9O2. The van der Waals surface area contributed by atoms with Crippen molar-refractivity contribution in [1.29, 1.82) is 0 Å². The van der Waals surface area contributed by atoms with E-state index in [2.05, 4.69) is 52.3 Å². The summed E-state index contributed by atoms with van der Waals surface area (Å²) in [6, 6.07) is 14.2. The zero-order valence-corrected chi connectivity index (χ0v) is 27.0. The molecule has 49 heavy (non-hydrogen) atoms. The topological polar surface area (TPSA) is 113 Å².